The van der Waals surface area contributed by atoms with E-state index in [4.69, 9.17) is 9.47 Å². The van der Waals surface area contributed by atoms with Gasteiger partial charge in [-0.1, -0.05) is 6.07 Å². The molecule has 0 atom stereocenters. The Morgan fingerprint density at radius 2 is 2.10 bits per heavy atom. The minimum absolute atomic E-state index is 0.0179. The van der Waals surface area contributed by atoms with E-state index in [1.165, 1.54) is 13.2 Å². The monoisotopic (exact) mass is 292 g/mol. The van der Waals surface area contributed by atoms with Crippen LogP contribution in [0.5, 0.6) is 11.5 Å². The van der Waals surface area contributed by atoms with Crippen molar-refractivity contribution in [3.8, 4) is 11.5 Å². The van der Waals surface area contributed by atoms with Crippen LogP contribution in [-0.2, 0) is 13.0 Å². The van der Waals surface area contributed by atoms with E-state index in [-0.39, 0.29) is 12.4 Å². The number of hydrogen-bond acceptors (Lipinski definition) is 4. The summed E-state index contributed by atoms with van der Waals surface area (Å²) in [5, 5.41) is 3.14. The molecule has 0 saturated heterocycles. The molecule has 0 saturated carbocycles. The van der Waals surface area contributed by atoms with Crippen LogP contribution in [0.1, 0.15) is 11.3 Å². The van der Waals surface area contributed by atoms with Crippen LogP contribution < -0.4 is 14.8 Å². The number of nitrogens with one attached hydrogen (secondary N) is 1. The van der Waals surface area contributed by atoms with Crippen molar-refractivity contribution in [1.82, 2.24) is 4.98 Å². The van der Waals surface area contributed by atoms with Gasteiger partial charge in [0.25, 0.3) is 0 Å². The van der Waals surface area contributed by atoms with Crippen LogP contribution in [0.3, 0.4) is 0 Å². The van der Waals surface area contributed by atoms with E-state index in [1.807, 2.05) is 6.07 Å². The predicted octanol–water partition coefficient (Wildman–Crippen LogP) is 2.92. The molecule has 2 aromatic rings. The molecular weight excluding hydrogens is 278 g/mol. The summed E-state index contributed by atoms with van der Waals surface area (Å²) < 4.78 is 37.6. The summed E-state index contributed by atoms with van der Waals surface area (Å²) in [4.78, 5) is 4.36. The van der Waals surface area contributed by atoms with E-state index >= 15 is 0 Å². The van der Waals surface area contributed by atoms with Gasteiger partial charge < -0.3 is 14.8 Å². The highest BCUT2D eigenvalue weighted by Gasteiger charge is 2.17. The number of rotatable bonds is 4. The van der Waals surface area contributed by atoms with Gasteiger partial charge in [0.05, 0.1) is 12.8 Å². The molecule has 110 valence electrons. The first kappa shape index (κ1) is 13.6. The standard InChI is InChI=1S/C15H14F2N2O2/c1-20-12-5-4-11(16)14(13(12)17)21-8-10-3-2-9-6-7-18-15(9)19-10/h2-5H,6-8H2,1H3,(H,18,19). The zero-order valence-electron chi connectivity index (χ0n) is 11.5. The van der Waals surface area contributed by atoms with Crippen LogP contribution in [-0.4, -0.2) is 18.6 Å². The first-order valence-corrected chi connectivity index (χ1v) is 6.56. The lowest BCUT2D eigenvalue weighted by Crippen LogP contribution is -2.04. The lowest BCUT2D eigenvalue weighted by atomic mass is 10.2. The highest BCUT2D eigenvalue weighted by molar-refractivity contribution is 5.49. The Balaban J connectivity index is 1.79. The number of fused-ring (bicyclic) bond motifs is 1. The normalized spacial score (nSPS) is 12.7. The Bertz CT molecular complexity index is 677. The van der Waals surface area contributed by atoms with Crippen molar-refractivity contribution in [2.45, 2.75) is 13.0 Å². The largest absolute Gasteiger partial charge is 0.494 e. The van der Waals surface area contributed by atoms with Crippen molar-refractivity contribution < 1.29 is 18.3 Å². The van der Waals surface area contributed by atoms with Crippen LogP contribution in [0.2, 0.25) is 0 Å². The van der Waals surface area contributed by atoms with E-state index in [0.717, 1.165) is 30.4 Å². The third-order valence-electron chi connectivity index (χ3n) is 3.32. The number of nitrogens with zero attached hydrogens (tertiary/aromatic N) is 1. The van der Waals surface area contributed by atoms with E-state index in [2.05, 4.69) is 10.3 Å². The van der Waals surface area contributed by atoms with E-state index in [1.54, 1.807) is 6.07 Å². The van der Waals surface area contributed by atoms with Crippen LogP contribution >= 0.6 is 0 Å². The first-order chi connectivity index (χ1) is 10.2. The predicted molar refractivity (Wildman–Crippen MR) is 73.7 cm³/mol. The van der Waals surface area contributed by atoms with Crippen LogP contribution in [0.25, 0.3) is 0 Å². The van der Waals surface area contributed by atoms with Crippen molar-refractivity contribution in [2.24, 2.45) is 0 Å². The van der Waals surface area contributed by atoms with Crippen LogP contribution in [0, 0.1) is 11.6 Å². The zero-order valence-corrected chi connectivity index (χ0v) is 11.5. The van der Waals surface area contributed by atoms with Gasteiger partial charge in [0, 0.05) is 6.54 Å². The van der Waals surface area contributed by atoms with Gasteiger partial charge in [0.1, 0.15) is 12.4 Å². The average Bonchev–Trinajstić information content (AvgIpc) is 2.95. The average molecular weight is 292 g/mol. The topological polar surface area (TPSA) is 43.4 Å². The van der Waals surface area contributed by atoms with Crippen molar-refractivity contribution in [2.75, 3.05) is 19.0 Å². The zero-order chi connectivity index (χ0) is 14.8. The molecule has 21 heavy (non-hydrogen) atoms. The molecule has 1 aliphatic heterocycles. The summed E-state index contributed by atoms with van der Waals surface area (Å²) in [5.74, 6) is -1.33. The molecule has 0 unspecified atom stereocenters. The Labute approximate surface area is 120 Å². The Morgan fingerprint density at radius 3 is 2.90 bits per heavy atom. The number of benzene rings is 1. The fourth-order valence-electron chi connectivity index (χ4n) is 2.23. The molecule has 2 heterocycles. The van der Waals surface area contributed by atoms with E-state index in [9.17, 15) is 8.78 Å². The summed E-state index contributed by atoms with van der Waals surface area (Å²) in [6.45, 7) is 0.835. The lowest BCUT2D eigenvalue weighted by molar-refractivity contribution is 0.263. The van der Waals surface area contributed by atoms with Crippen molar-refractivity contribution in [3.05, 3.63) is 47.2 Å². The number of methoxy groups -OCH3 is 1. The van der Waals surface area contributed by atoms with Gasteiger partial charge in [-0.2, -0.15) is 4.39 Å². The molecule has 1 aromatic heterocycles. The lowest BCUT2D eigenvalue weighted by Gasteiger charge is -2.11. The number of aromatic nitrogens is 1. The van der Waals surface area contributed by atoms with Gasteiger partial charge in [-0.3, -0.25) is 0 Å². The summed E-state index contributed by atoms with van der Waals surface area (Å²) in [6.07, 6.45) is 0.933. The van der Waals surface area contributed by atoms with Gasteiger partial charge in [-0.15, -0.1) is 0 Å². The fraction of sp³-hybridized carbons (Fsp3) is 0.267. The molecule has 0 fully saturated rings. The van der Waals surface area contributed by atoms with Crippen molar-refractivity contribution in [3.63, 3.8) is 0 Å². The molecule has 1 aliphatic rings. The summed E-state index contributed by atoms with van der Waals surface area (Å²) >= 11 is 0. The Kier molecular flexibility index (Phi) is 3.60. The molecule has 0 amide bonds. The highest BCUT2D eigenvalue weighted by Crippen LogP contribution is 2.30. The number of halogens is 2. The Hall–Kier alpha value is -2.37. The second kappa shape index (κ2) is 5.55. The van der Waals surface area contributed by atoms with Gasteiger partial charge in [-0.05, 0) is 30.2 Å². The molecule has 0 bridgehead atoms. The molecule has 4 nitrogen and oxygen atoms in total. The number of anilines is 1. The summed E-state index contributed by atoms with van der Waals surface area (Å²) in [5.41, 5.74) is 1.74. The maximum absolute atomic E-state index is 13.9. The quantitative estimate of drug-likeness (QED) is 0.941. The third kappa shape index (κ3) is 2.61. The van der Waals surface area contributed by atoms with Crippen molar-refractivity contribution in [1.29, 1.82) is 0 Å². The molecular formula is C15H14F2N2O2. The second-order valence-electron chi connectivity index (χ2n) is 4.67. The molecule has 1 N–H and O–H groups in total. The smallest absolute Gasteiger partial charge is 0.209 e. The number of hydrogen-bond donors (Lipinski definition) is 1. The van der Waals surface area contributed by atoms with Gasteiger partial charge >= 0.3 is 0 Å². The number of pyridine rings is 1. The van der Waals surface area contributed by atoms with E-state index in [0.29, 0.717) is 5.69 Å². The SMILES string of the molecule is COc1ccc(F)c(OCc2ccc3c(n2)NCC3)c1F. The molecule has 1 aromatic carbocycles. The van der Waals surface area contributed by atoms with Crippen LogP contribution in [0.15, 0.2) is 24.3 Å². The Morgan fingerprint density at radius 1 is 1.24 bits per heavy atom. The minimum atomic E-state index is -0.850. The molecule has 0 spiro atoms. The fourth-order valence-corrected chi connectivity index (χ4v) is 2.23. The van der Waals surface area contributed by atoms with Gasteiger partial charge in [-0.25, -0.2) is 9.37 Å². The summed E-state index contributed by atoms with van der Waals surface area (Å²) in [7, 11) is 1.31. The molecule has 6 heteroatoms. The maximum atomic E-state index is 13.9. The minimum Gasteiger partial charge on any atom is -0.494 e. The second-order valence-corrected chi connectivity index (χ2v) is 4.67. The summed E-state index contributed by atoms with van der Waals surface area (Å²) in [6, 6.07) is 6.06. The van der Waals surface area contributed by atoms with Crippen LogP contribution in [0.4, 0.5) is 14.6 Å². The van der Waals surface area contributed by atoms with Gasteiger partial charge in [0.15, 0.2) is 17.3 Å². The van der Waals surface area contributed by atoms with E-state index < -0.39 is 17.4 Å². The first-order valence-electron chi connectivity index (χ1n) is 6.56. The highest BCUT2D eigenvalue weighted by atomic mass is 19.1. The molecule has 0 radical (unpaired) electrons. The molecule has 0 aliphatic carbocycles. The maximum Gasteiger partial charge on any atom is 0.209 e. The molecule has 3 rings (SSSR count). The third-order valence-corrected chi connectivity index (χ3v) is 3.32. The number of ether oxygens (including phenoxy) is 2. The van der Waals surface area contributed by atoms with Gasteiger partial charge in [0.2, 0.25) is 5.82 Å². The van der Waals surface area contributed by atoms with Crippen molar-refractivity contribution >= 4 is 5.82 Å².